The predicted molar refractivity (Wildman–Crippen MR) is 60.1 cm³/mol. The van der Waals surface area contributed by atoms with Crippen molar-refractivity contribution in [3.8, 4) is 5.69 Å². The van der Waals surface area contributed by atoms with Crippen LogP contribution in [0, 0.1) is 0 Å². The van der Waals surface area contributed by atoms with E-state index in [1.165, 1.54) is 10.9 Å². The zero-order chi connectivity index (χ0) is 12.3. The van der Waals surface area contributed by atoms with Gasteiger partial charge in [0.05, 0.1) is 5.69 Å². The van der Waals surface area contributed by atoms with Crippen LogP contribution in [0.2, 0.25) is 0 Å². The maximum absolute atomic E-state index is 11.4. The number of hydrogen-bond donors (Lipinski definition) is 2. The molecule has 0 atom stereocenters. The quantitative estimate of drug-likeness (QED) is 0.808. The molecule has 6 nitrogen and oxygen atoms in total. The second-order valence-corrected chi connectivity index (χ2v) is 3.55. The molecule has 0 amide bonds. The lowest BCUT2D eigenvalue weighted by Gasteiger charge is -2.07. The van der Waals surface area contributed by atoms with E-state index in [1.54, 1.807) is 18.2 Å². The molecule has 1 heterocycles. The lowest BCUT2D eigenvalue weighted by atomic mass is 10.1. The number of nitrogens with zero attached hydrogens (tertiary/aromatic N) is 2. The molecule has 1 aromatic carbocycles. The SMILES string of the molecule is O=C(O)CCc1ccccc1-n1cn[nH]c1=O. The highest BCUT2D eigenvalue weighted by molar-refractivity contribution is 5.67. The van der Waals surface area contributed by atoms with Crippen molar-refractivity contribution in [1.82, 2.24) is 14.8 Å². The Balaban J connectivity index is 2.37. The number of aliphatic carboxylic acids is 1. The van der Waals surface area contributed by atoms with Crippen LogP contribution in [0.4, 0.5) is 0 Å². The minimum absolute atomic E-state index is 0.0314. The first-order chi connectivity index (χ1) is 8.18. The first kappa shape index (κ1) is 11.1. The zero-order valence-corrected chi connectivity index (χ0v) is 8.96. The maximum atomic E-state index is 11.4. The first-order valence-electron chi connectivity index (χ1n) is 5.10. The highest BCUT2D eigenvalue weighted by atomic mass is 16.4. The molecule has 0 fully saturated rings. The second-order valence-electron chi connectivity index (χ2n) is 3.55. The second kappa shape index (κ2) is 4.65. The molecule has 2 rings (SSSR count). The van der Waals surface area contributed by atoms with Gasteiger partial charge in [-0.25, -0.2) is 14.5 Å². The van der Waals surface area contributed by atoms with Gasteiger partial charge in [0, 0.05) is 6.42 Å². The Labute approximate surface area is 96.5 Å². The molecule has 0 radical (unpaired) electrons. The summed E-state index contributed by atoms with van der Waals surface area (Å²) in [6, 6.07) is 7.16. The number of para-hydroxylation sites is 1. The number of nitrogens with one attached hydrogen (secondary N) is 1. The molecule has 0 aliphatic heterocycles. The predicted octanol–water partition coefficient (Wildman–Crippen LogP) is 0.578. The Morgan fingerprint density at radius 3 is 2.82 bits per heavy atom. The van der Waals surface area contributed by atoms with E-state index in [-0.39, 0.29) is 12.1 Å². The van der Waals surface area contributed by atoms with Gasteiger partial charge in [0.2, 0.25) is 0 Å². The number of carboxylic acid groups (broad SMARTS) is 1. The van der Waals surface area contributed by atoms with Gasteiger partial charge in [-0.15, -0.1) is 0 Å². The van der Waals surface area contributed by atoms with Crippen molar-refractivity contribution in [1.29, 1.82) is 0 Å². The molecular formula is C11H11N3O3. The van der Waals surface area contributed by atoms with Crippen LogP contribution in [-0.4, -0.2) is 25.8 Å². The van der Waals surface area contributed by atoms with E-state index in [0.717, 1.165) is 5.56 Å². The van der Waals surface area contributed by atoms with Crippen molar-refractivity contribution in [2.75, 3.05) is 0 Å². The van der Waals surface area contributed by atoms with Crippen LogP contribution in [0.3, 0.4) is 0 Å². The fraction of sp³-hybridized carbons (Fsp3) is 0.182. The van der Waals surface area contributed by atoms with Gasteiger partial charge in [0.15, 0.2) is 0 Å². The highest BCUT2D eigenvalue weighted by Crippen LogP contribution is 2.14. The molecule has 0 bridgehead atoms. The number of benzene rings is 1. The van der Waals surface area contributed by atoms with Crippen molar-refractivity contribution >= 4 is 5.97 Å². The van der Waals surface area contributed by atoms with Crippen LogP contribution in [0.5, 0.6) is 0 Å². The molecule has 0 spiro atoms. The summed E-state index contributed by atoms with van der Waals surface area (Å²) in [5.74, 6) is -0.862. The minimum atomic E-state index is -0.862. The van der Waals surface area contributed by atoms with E-state index in [4.69, 9.17) is 5.11 Å². The van der Waals surface area contributed by atoms with Crippen LogP contribution in [0.1, 0.15) is 12.0 Å². The summed E-state index contributed by atoms with van der Waals surface area (Å²) < 4.78 is 1.36. The van der Waals surface area contributed by atoms with Crippen LogP contribution in [-0.2, 0) is 11.2 Å². The average molecular weight is 233 g/mol. The average Bonchev–Trinajstić information content (AvgIpc) is 2.73. The molecule has 2 N–H and O–H groups in total. The third-order valence-corrected chi connectivity index (χ3v) is 2.41. The molecule has 0 saturated carbocycles. The van der Waals surface area contributed by atoms with Crippen LogP contribution in [0.15, 0.2) is 35.4 Å². The summed E-state index contributed by atoms with van der Waals surface area (Å²) in [4.78, 5) is 22.0. The molecular weight excluding hydrogens is 222 g/mol. The largest absolute Gasteiger partial charge is 0.481 e. The summed E-state index contributed by atoms with van der Waals surface area (Å²) in [7, 11) is 0. The number of rotatable bonds is 4. The molecule has 0 aliphatic carbocycles. The first-order valence-corrected chi connectivity index (χ1v) is 5.10. The molecule has 0 saturated heterocycles. The third-order valence-electron chi connectivity index (χ3n) is 2.41. The maximum Gasteiger partial charge on any atom is 0.347 e. The van der Waals surface area contributed by atoms with Crippen molar-refractivity contribution in [2.45, 2.75) is 12.8 Å². The number of aromatic amines is 1. The van der Waals surface area contributed by atoms with E-state index >= 15 is 0 Å². The Morgan fingerprint density at radius 2 is 2.18 bits per heavy atom. The van der Waals surface area contributed by atoms with E-state index in [1.807, 2.05) is 6.07 Å². The molecule has 0 aliphatic rings. The molecule has 88 valence electrons. The minimum Gasteiger partial charge on any atom is -0.481 e. The standard InChI is InChI=1S/C11H11N3O3/c15-10(16)6-5-8-3-1-2-4-9(8)14-7-12-13-11(14)17/h1-4,7H,5-6H2,(H,13,17)(H,15,16). The number of carbonyl (C=O) groups is 1. The fourth-order valence-electron chi connectivity index (χ4n) is 1.62. The summed E-state index contributed by atoms with van der Waals surface area (Å²) >= 11 is 0. The third kappa shape index (κ3) is 2.41. The number of hydrogen-bond acceptors (Lipinski definition) is 3. The van der Waals surface area contributed by atoms with Gasteiger partial charge in [-0.2, -0.15) is 5.10 Å². The Hall–Kier alpha value is -2.37. The van der Waals surface area contributed by atoms with Gasteiger partial charge in [-0.3, -0.25) is 4.79 Å². The van der Waals surface area contributed by atoms with Gasteiger partial charge in [-0.1, -0.05) is 18.2 Å². The number of carboxylic acids is 1. The van der Waals surface area contributed by atoms with Crippen LogP contribution in [0.25, 0.3) is 5.69 Å². The summed E-state index contributed by atoms with van der Waals surface area (Å²) in [5.41, 5.74) is 1.12. The van der Waals surface area contributed by atoms with Gasteiger partial charge in [0.1, 0.15) is 6.33 Å². The number of aromatic nitrogens is 3. The molecule has 0 unspecified atom stereocenters. The van der Waals surface area contributed by atoms with Crippen molar-refractivity contribution in [3.63, 3.8) is 0 Å². The van der Waals surface area contributed by atoms with E-state index < -0.39 is 5.97 Å². The fourth-order valence-corrected chi connectivity index (χ4v) is 1.62. The van der Waals surface area contributed by atoms with Crippen LogP contribution >= 0.6 is 0 Å². The molecule has 6 heteroatoms. The van der Waals surface area contributed by atoms with Gasteiger partial charge >= 0.3 is 11.7 Å². The molecule has 17 heavy (non-hydrogen) atoms. The zero-order valence-electron chi connectivity index (χ0n) is 8.96. The monoisotopic (exact) mass is 233 g/mol. The Kier molecular flexibility index (Phi) is 3.04. The van der Waals surface area contributed by atoms with E-state index in [0.29, 0.717) is 12.1 Å². The lowest BCUT2D eigenvalue weighted by Crippen LogP contribution is -2.16. The van der Waals surface area contributed by atoms with E-state index in [2.05, 4.69) is 10.2 Å². The van der Waals surface area contributed by atoms with Crippen LogP contribution < -0.4 is 5.69 Å². The highest BCUT2D eigenvalue weighted by Gasteiger charge is 2.08. The normalized spacial score (nSPS) is 10.4. The van der Waals surface area contributed by atoms with Gasteiger partial charge in [0.25, 0.3) is 0 Å². The molecule has 2 aromatic rings. The van der Waals surface area contributed by atoms with Crippen molar-refractivity contribution < 1.29 is 9.90 Å². The topological polar surface area (TPSA) is 88.0 Å². The smallest absolute Gasteiger partial charge is 0.347 e. The van der Waals surface area contributed by atoms with E-state index in [9.17, 15) is 9.59 Å². The summed E-state index contributed by atoms with van der Waals surface area (Å²) in [5, 5.41) is 14.6. The summed E-state index contributed by atoms with van der Waals surface area (Å²) in [6.07, 6.45) is 1.79. The Bertz CT molecular complexity index is 585. The number of H-pyrrole nitrogens is 1. The Morgan fingerprint density at radius 1 is 1.41 bits per heavy atom. The van der Waals surface area contributed by atoms with Crippen molar-refractivity contribution in [2.24, 2.45) is 0 Å². The number of aryl methyl sites for hydroxylation is 1. The summed E-state index contributed by atoms with van der Waals surface area (Å²) in [6.45, 7) is 0. The van der Waals surface area contributed by atoms with Gasteiger partial charge in [-0.05, 0) is 18.1 Å². The van der Waals surface area contributed by atoms with Gasteiger partial charge < -0.3 is 5.11 Å². The molecule has 1 aromatic heterocycles. The van der Waals surface area contributed by atoms with Crippen molar-refractivity contribution in [3.05, 3.63) is 46.6 Å². The lowest BCUT2D eigenvalue weighted by molar-refractivity contribution is -0.136.